The zero-order valence-electron chi connectivity index (χ0n) is 7.53. The second-order valence-electron chi connectivity index (χ2n) is 3.16. The molecule has 0 aliphatic rings. The second-order valence-corrected chi connectivity index (χ2v) is 4.07. The molecule has 1 heterocycles. The molecule has 0 unspecified atom stereocenters. The van der Waals surface area contributed by atoms with Gasteiger partial charge in [0, 0.05) is 21.8 Å². The summed E-state index contributed by atoms with van der Waals surface area (Å²) in [5.74, 6) is 0.185. The van der Waals surface area contributed by atoms with E-state index in [9.17, 15) is 0 Å². The number of hydrogen-bond donors (Lipinski definition) is 2. The number of hydrogen-bond acceptors (Lipinski definition) is 3. The lowest BCUT2D eigenvalue weighted by Crippen LogP contribution is -2.34. The van der Waals surface area contributed by atoms with Gasteiger partial charge in [0.05, 0.1) is 0 Å². The maximum atomic E-state index is 9.07. The highest BCUT2D eigenvalue weighted by molar-refractivity contribution is 9.10. The molecule has 13 heavy (non-hydrogen) atoms. The minimum Gasteiger partial charge on any atom is -0.423 e. The zero-order chi connectivity index (χ0) is 10.0. The zero-order valence-corrected chi connectivity index (χ0v) is 9.12. The van der Waals surface area contributed by atoms with Gasteiger partial charge in [-0.3, -0.25) is 4.98 Å². The van der Waals surface area contributed by atoms with Gasteiger partial charge in [-0.2, -0.15) is 0 Å². The predicted molar refractivity (Wildman–Crippen MR) is 55.9 cm³/mol. The van der Waals surface area contributed by atoms with E-state index in [4.69, 9.17) is 10.0 Å². The van der Waals surface area contributed by atoms with E-state index in [-0.39, 0.29) is 5.92 Å². The summed E-state index contributed by atoms with van der Waals surface area (Å²) in [5.41, 5.74) is 1.18. The Labute approximate surface area is 86.1 Å². The molecule has 5 heteroatoms. The van der Waals surface area contributed by atoms with Crippen LogP contribution in [0.25, 0.3) is 0 Å². The van der Waals surface area contributed by atoms with E-state index >= 15 is 0 Å². The van der Waals surface area contributed by atoms with Gasteiger partial charge >= 0.3 is 7.12 Å². The predicted octanol–water partition coefficient (Wildman–Crippen LogP) is 0.647. The first kappa shape index (κ1) is 10.7. The van der Waals surface area contributed by atoms with Crippen molar-refractivity contribution >= 4 is 28.5 Å². The Hall–Kier alpha value is -0.385. The van der Waals surface area contributed by atoms with Gasteiger partial charge in [-0.15, -0.1) is 0 Å². The van der Waals surface area contributed by atoms with Crippen molar-refractivity contribution in [2.45, 2.75) is 19.8 Å². The first-order valence-electron chi connectivity index (χ1n) is 4.04. The van der Waals surface area contributed by atoms with Crippen LogP contribution in [0.3, 0.4) is 0 Å². The van der Waals surface area contributed by atoms with Crippen LogP contribution < -0.4 is 5.46 Å². The molecule has 0 fully saturated rings. The SMILES string of the molecule is CC(C)c1ncc(Br)cc1B(O)O. The van der Waals surface area contributed by atoms with E-state index < -0.39 is 7.12 Å². The van der Waals surface area contributed by atoms with Crippen LogP contribution in [0, 0.1) is 0 Å². The molecule has 1 aromatic heterocycles. The maximum absolute atomic E-state index is 9.07. The van der Waals surface area contributed by atoms with Crippen LogP contribution in [0.5, 0.6) is 0 Å². The van der Waals surface area contributed by atoms with Crippen LogP contribution in [0.2, 0.25) is 0 Å². The molecule has 0 bridgehead atoms. The minimum absolute atomic E-state index is 0.185. The summed E-state index contributed by atoms with van der Waals surface area (Å²) < 4.78 is 0.750. The van der Waals surface area contributed by atoms with Gasteiger partial charge in [-0.1, -0.05) is 13.8 Å². The fraction of sp³-hybridized carbons (Fsp3) is 0.375. The van der Waals surface area contributed by atoms with E-state index in [0.29, 0.717) is 5.46 Å². The van der Waals surface area contributed by atoms with Gasteiger partial charge in [0.15, 0.2) is 0 Å². The van der Waals surface area contributed by atoms with E-state index in [2.05, 4.69) is 20.9 Å². The molecule has 3 nitrogen and oxygen atoms in total. The molecule has 1 rings (SSSR count). The van der Waals surface area contributed by atoms with Crippen LogP contribution in [0.1, 0.15) is 25.5 Å². The molecular weight excluding hydrogens is 233 g/mol. The molecule has 0 atom stereocenters. The lowest BCUT2D eigenvalue weighted by molar-refractivity contribution is 0.425. The summed E-state index contributed by atoms with van der Waals surface area (Å²) in [6.45, 7) is 3.92. The first-order valence-corrected chi connectivity index (χ1v) is 4.83. The highest BCUT2D eigenvalue weighted by Gasteiger charge is 2.19. The molecule has 0 aliphatic heterocycles. The van der Waals surface area contributed by atoms with Crippen molar-refractivity contribution in [3.05, 3.63) is 22.4 Å². The van der Waals surface area contributed by atoms with Gasteiger partial charge in [0.1, 0.15) is 0 Å². The van der Waals surface area contributed by atoms with Gasteiger partial charge in [0.25, 0.3) is 0 Å². The number of nitrogens with zero attached hydrogens (tertiary/aromatic N) is 1. The molecular formula is C8H11BBrNO2. The topological polar surface area (TPSA) is 53.4 Å². The molecule has 0 aliphatic carbocycles. The first-order chi connectivity index (χ1) is 6.02. The van der Waals surface area contributed by atoms with Gasteiger partial charge in [-0.25, -0.2) is 0 Å². The molecule has 0 aromatic carbocycles. The van der Waals surface area contributed by atoms with Crippen molar-refractivity contribution in [2.75, 3.05) is 0 Å². The number of pyridine rings is 1. The molecule has 2 N–H and O–H groups in total. The Kier molecular flexibility index (Phi) is 3.47. The summed E-state index contributed by atoms with van der Waals surface area (Å²) in [6.07, 6.45) is 1.65. The quantitative estimate of drug-likeness (QED) is 0.750. The largest absolute Gasteiger partial charge is 0.490 e. The third-order valence-corrected chi connectivity index (χ3v) is 2.17. The van der Waals surface area contributed by atoms with E-state index in [1.807, 2.05) is 13.8 Å². The van der Waals surface area contributed by atoms with Crippen LogP contribution in [0.15, 0.2) is 16.7 Å². The lowest BCUT2D eigenvalue weighted by Gasteiger charge is -2.10. The highest BCUT2D eigenvalue weighted by Crippen LogP contribution is 2.13. The average Bonchev–Trinajstić information content (AvgIpc) is 2.03. The Morgan fingerprint density at radius 1 is 1.46 bits per heavy atom. The van der Waals surface area contributed by atoms with Crippen LogP contribution in [-0.2, 0) is 0 Å². The molecule has 0 spiro atoms. The monoisotopic (exact) mass is 243 g/mol. The fourth-order valence-electron chi connectivity index (χ4n) is 1.15. The Balaban J connectivity index is 3.19. The van der Waals surface area contributed by atoms with Crippen LogP contribution in [0.4, 0.5) is 0 Å². The molecule has 0 saturated carbocycles. The standard InChI is InChI=1S/C8H11BBrNO2/c1-5(2)8-7(9(12)13)3-6(10)4-11-8/h3-5,12-13H,1-2H3. The van der Waals surface area contributed by atoms with Crippen molar-refractivity contribution in [2.24, 2.45) is 0 Å². The Morgan fingerprint density at radius 2 is 2.08 bits per heavy atom. The Bertz CT molecular complexity index is 304. The van der Waals surface area contributed by atoms with Crippen molar-refractivity contribution < 1.29 is 10.0 Å². The lowest BCUT2D eigenvalue weighted by atomic mass is 9.77. The molecule has 0 saturated heterocycles. The summed E-state index contributed by atoms with van der Waals surface area (Å²) >= 11 is 3.23. The molecule has 0 radical (unpaired) electrons. The van der Waals surface area contributed by atoms with E-state index in [0.717, 1.165) is 10.2 Å². The van der Waals surface area contributed by atoms with Crippen LogP contribution >= 0.6 is 15.9 Å². The van der Waals surface area contributed by atoms with Gasteiger partial charge in [0.2, 0.25) is 0 Å². The van der Waals surface area contributed by atoms with Gasteiger partial charge < -0.3 is 10.0 Å². The van der Waals surface area contributed by atoms with Crippen molar-refractivity contribution in [1.29, 1.82) is 0 Å². The third-order valence-electron chi connectivity index (χ3n) is 1.74. The summed E-state index contributed by atoms with van der Waals surface area (Å²) in [5, 5.41) is 18.1. The normalized spacial score (nSPS) is 10.6. The van der Waals surface area contributed by atoms with Crippen molar-refractivity contribution in [3.8, 4) is 0 Å². The smallest absolute Gasteiger partial charge is 0.423 e. The third kappa shape index (κ3) is 2.53. The Morgan fingerprint density at radius 3 is 2.54 bits per heavy atom. The minimum atomic E-state index is -1.46. The van der Waals surface area contributed by atoms with Crippen molar-refractivity contribution in [3.63, 3.8) is 0 Å². The van der Waals surface area contributed by atoms with Crippen LogP contribution in [-0.4, -0.2) is 22.2 Å². The summed E-state index contributed by atoms with van der Waals surface area (Å²) in [6, 6.07) is 1.67. The van der Waals surface area contributed by atoms with Gasteiger partial charge in [-0.05, 0) is 27.9 Å². The molecule has 70 valence electrons. The maximum Gasteiger partial charge on any atom is 0.490 e. The van der Waals surface area contributed by atoms with E-state index in [1.54, 1.807) is 12.3 Å². The molecule has 0 amide bonds. The summed E-state index contributed by atoms with van der Waals surface area (Å²) in [7, 11) is -1.46. The van der Waals surface area contributed by atoms with E-state index in [1.165, 1.54) is 0 Å². The number of aromatic nitrogens is 1. The average molecular weight is 244 g/mol. The highest BCUT2D eigenvalue weighted by atomic mass is 79.9. The fourth-order valence-corrected chi connectivity index (χ4v) is 1.50. The number of rotatable bonds is 2. The summed E-state index contributed by atoms with van der Waals surface area (Å²) in [4.78, 5) is 4.13. The van der Waals surface area contributed by atoms with Crippen molar-refractivity contribution in [1.82, 2.24) is 4.98 Å². The number of halogens is 1. The molecule has 1 aromatic rings. The second kappa shape index (κ2) is 4.22.